The summed E-state index contributed by atoms with van der Waals surface area (Å²) in [7, 11) is 3.18. The number of benzene rings is 1. The van der Waals surface area contributed by atoms with Crippen LogP contribution >= 0.6 is 11.3 Å². The van der Waals surface area contributed by atoms with Gasteiger partial charge >= 0.3 is 0 Å². The van der Waals surface area contributed by atoms with E-state index in [1.807, 2.05) is 41.8 Å². The second-order valence-corrected chi connectivity index (χ2v) is 6.68. The molecule has 0 bridgehead atoms. The second-order valence-electron chi connectivity index (χ2n) is 5.83. The monoisotopic (exact) mass is 383 g/mol. The van der Waals surface area contributed by atoms with E-state index in [4.69, 9.17) is 9.47 Å². The molecule has 0 spiro atoms. The Kier molecular flexibility index (Phi) is 6.38. The van der Waals surface area contributed by atoms with Crippen molar-refractivity contribution < 1.29 is 14.3 Å². The van der Waals surface area contributed by atoms with Gasteiger partial charge in [0.25, 0.3) is 0 Å². The van der Waals surface area contributed by atoms with Crippen LogP contribution in [0.1, 0.15) is 17.7 Å². The number of pyridine rings is 1. The van der Waals surface area contributed by atoms with Crippen LogP contribution in [-0.2, 0) is 17.8 Å². The van der Waals surface area contributed by atoms with E-state index in [0.29, 0.717) is 30.9 Å². The van der Waals surface area contributed by atoms with Gasteiger partial charge in [-0.1, -0.05) is 12.1 Å². The number of carbonyl (C=O) groups excluding carboxylic acids is 1. The van der Waals surface area contributed by atoms with Crippen LogP contribution in [0.3, 0.4) is 0 Å². The molecule has 140 valence electrons. The highest BCUT2D eigenvalue weighted by molar-refractivity contribution is 7.13. The SMILES string of the molecule is COc1ccc(CNC(=O)CCc2csc(-c3ccccn3)n2)cc1OC. The fourth-order valence-electron chi connectivity index (χ4n) is 2.55. The average Bonchev–Trinajstić information content (AvgIpc) is 3.20. The van der Waals surface area contributed by atoms with Crippen LogP contribution < -0.4 is 14.8 Å². The molecular weight excluding hydrogens is 362 g/mol. The third-order valence-electron chi connectivity index (χ3n) is 3.98. The van der Waals surface area contributed by atoms with Crippen LogP contribution in [0, 0.1) is 0 Å². The molecule has 7 heteroatoms. The Morgan fingerprint density at radius 2 is 2.00 bits per heavy atom. The molecule has 0 saturated carbocycles. The van der Waals surface area contributed by atoms with Crippen molar-refractivity contribution in [3.05, 3.63) is 59.2 Å². The minimum atomic E-state index is -0.0165. The van der Waals surface area contributed by atoms with E-state index >= 15 is 0 Å². The van der Waals surface area contributed by atoms with Gasteiger partial charge in [0.2, 0.25) is 5.91 Å². The summed E-state index contributed by atoms with van der Waals surface area (Å²) >= 11 is 1.54. The number of ether oxygens (including phenoxy) is 2. The summed E-state index contributed by atoms with van der Waals surface area (Å²) in [5.74, 6) is 1.30. The smallest absolute Gasteiger partial charge is 0.220 e. The van der Waals surface area contributed by atoms with Gasteiger partial charge in [-0.25, -0.2) is 4.98 Å². The largest absolute Gasteiger partial charge is 0.493 e. The Hall–Kier alpha value is -2.93. The standard InChI is InChI=1S/C20H21N3O3S/c1-25-17-8-6-14(11-18(17)26-2)12-22-19(24)9-7-15-13-27-20(23-15)16-5-3-4-10-21-16/h3-6,8,10-11,13H,7,9,12H2,1-2H3,(H,22,24). The highest BCUT2D eigenvalue weighted by atomic mass is 32.1. The van der Waals surface area contributed by atoms with Crippen molar-refractivity contribution >= 4 is 17.2 Å². The Morgan fingerprint density at radius 3 is 2.74 bits per heavy atom. The van der Waals surface area contributed by atoms with Crippen LogP contribution in [-0.4, -0.2) is 30.1 Å². The first-order valence-corrected chi connectivity index (χ1v) is 9.41. The Bertz CT molecular complexity index is 896. The number of rotatable bonds is 8. The van der Waals surface area contributed by atoms with Crippen LogP contribution in [0.25, 0.3) is 10.7 Å². The van der Waals surface area contributed by atoms with Crippen LogP contribution in [0.2, 0.25) is 0 Å². The van der Waals surface area contributed by atoms with Crippen LogP contribution in [0.15, 0.2) is 48.0 Å². The van der Waals surface area contributed by atoms with Crippen molar-refractivity contribution in [2.45, 2.75) is 19.4 Å². The number of carbonyl (C=O) groups is 1. The summed E-state index contributed by atoms with van der Waals surface area (Å²) < 4.78 is 10.5. The van der Waals surface area contributed by atoms with Gasteiger partial charge in [-0.15, -0.1) is 11.3 Å². The minimum absolute atomic E-state index is 0.0165. The summed E-state index contributed by atoms with van der Waals surface area (Å²) in [4.78, 5) is 21.0. The lowest BCUT2D eigenvalue weighted by molar-refractivity contribution is -0.121. The van der Waals surface area contributed by atoms with Gasteiger partial charge < -0.3 is 14.8 Å². The van der Waals surface area contributed by atoms with Gasteiger partial charge in [0, 0.05) is 24.5 Å². The number of thiazole rings is 1. The predicted octanol–water partition coefficient (Wildman–Crippen LogP) is 3.47. The number of nitrogens with zero attached hydrogens (tertiary/aromatic N) is 2. The first-order valence-electron chi connectivity index (χ1n) is 8.53. The Balaban J connectivity index is 1.50. The highest BCUT2D eigenvalue weighted by Crippen LogP contribution is 2.27. The molecule has 3 aromatic rings. The van der Waals surface area contributed by atoms with Crippen LogP contribution in [0.5, 0.6) is 11.5 Å². The maximum absolute atomic E-state index is 12.1. The number of hydrogen-bond donors (Lipinski definition) is 1. The lowest BCUT2D eigenvalue weighted by Gasteiger charge is -2.10. The van der Waals surface area contributed by atoms with Gasteiger partial charge in [0.05, 0.1) is 25.6 Å². The fraction of sp³-hybridized carbons (Fsp3) is 0.250. The molecule has 6 nitrogen and oxygen atoms in total. The Labute approximate surface area is 162 Å². The molecule has 2 heterocycles. The molecule has 27 heavy (non-hydrogen) atoms. The molecule has 0 aliphatic carbocycles. The average molecular weight is 383 g/mol. The molecule has 1 amide bonds. The maximum atomic E-state index is 12.1. The van der Waals surface area contributed by atoms with Gasteiger partial charge in [0.15, 0.2) is 11.5 Å². The van der Waals surface area contributed by atoms with Crippen LogP contribution in [0.4, 0.5) is 0 Å². The van der Waals surface area contributed by atoms with E-state index in [0.717, 1.165) is 22.0 Å². The summed E-state index contributed by atoms with van der Waals surface area (Å²) in [6.07, 6.45) is 2.73. The molecule has 1 aromatic carbocycles. The van der Waals surface area contributed by atoms with Crippen molar-refractivity contribution in [1.29, 1.82) is 0 Å². The number of methoxy groups -OCH3 is 2. The topological polar surface area (TPSA) is 73.3 Å². The second kappa shape index (κ2) is 9.14. The maximum Gasteiger partial charge on any atom is 0.220 e. The Morgan fingerprint density at radius 1 is 1.15 bits per heavy atom. The molecule has 2 aromatic heterocycles. The molecule has 0 aliphatic rings. The molecule has 0 atom stereocenters. The molecular formula is C20H21N3O3S. The van der Waals surface area contributed by atoms with Crippen molar-refractivity contribution in [3.63, 3.8) is 0 Å². The number of aryl methyl sites for hydroxylation is 1. The number of hydrogen-bond acceptors (Lipinski definition) is 6. The number of amides is 1. The zero-order valence-corrected chi connectivity index (χ0v) is 16.1. The zero-order valence-electron chi connectivity index (χ0n) is 15.3. The highest BCUT2D eigenvalue weighted by Gasteiger charge is 2.09. The van der Waals surface area contributed by atoms with Gasteiger partial charge in [-0.2, -0.15) is 0 Å². The normalized spacial score (nSPS) is 10.4. The molecule has 1 N–H and O–H groups in total. The number of aromatic nitrogens is 2. The quantitative estimate of drug-likeness (QED) is 0.645. The molecule has 0 saturated heterocycles. The third-order valence-corrected chi connectivity index (χ3v) is 4.90. The summed E-state index contributed by atoms with van der Waals surface area (Å²) in [5.41, 5.74) is 2.71. The number of nitrogens with one attached hydrogen (secondary N) is 1. The predicted molar refractivity (Wildman–Crippen MR) is 105 cm³/mol. The fourth-order valence-corrected chi connectivity index (χ4v) is 3.38. The molecule has 0 fully saturated rings. The minimum Gasteiger partial charge on any atom is -0.493 e. The molecule has 0 aliphatic heterocycles. The lowest BCUT2D eigenvalue weighted by Crippen LogP contribution is -2.23. The van der Waals surface area contributed by atoms with Gasteiger partial charge in [0.1, 0.15) is 5.01 Å². The van der Waals surface area contributed by atoms with Crippen molar-refractivity contribution in [3.8, 4) is 22.2 Å². The molecule has 3 rings (SSSR count). The zero-order chi connectivity index (χ0) is 19.1. The first kappa shape index (κ1) is 18.8. The molecule has 0 unspecified atom stereocenters. The lowest BCUT2D eigenvalue weighted by atomic mass is 10.2. The van der Waals surface area contributed by atoms with E-state index in [9.17, 15) is 4.79 Å². The van der Waals surface area contributed by atoms with Gasteiger partial charge in [-0.05, 0) is 36.2 Å². The van der Waals surface area contributed by atoms with E-state index in [1.165, 1.54) is 0 Å². The summed E-state index contributed by atoms with van der Waals surface area (Å²) in [6, 6.07) is 11.3. The van der Waals surface area contributed by atoms with E-state index in [1.54, 1.807) is 31.8 Å². The van der Waals surface area contributed by atoms with Crippen molar-refractivity contribution in [2.75, 3.05) is 14.2 Å². The van der Waals surface area contributed by atoms with E-state index < -0.39 is 0 Å². The van der Waals surface area contributed by atoms with Gasteiger partial charge in [-0.3, -0.25) is 9.78 Å². The molecule has 0 radical (unpaired) electrons. The van der Waals surface area contributed by atoms with Crippen molar-refractivity contribution in [1.82, 2.24) is 15.3 Å². The summed E-state index contributed by atoms with van der Waals surface area (Å²) in [6.45, 7) is 0.440. The van der Waals surface area contributed by atoms with Crippen molar-refractivity contribution in [2.24, 2.45) is 0 Å². The first-order chi connectivity index (χ1) is 13.2. The summed E-state index contributed by atoms with van der Waals surface area (Å²) in [5, 5.41) is 5.77. The van der Waals surface area contributed by atoms with E-state index in [2.05, 4.69) is 15.3 Å². The van der Waals surface area contributed by atoms with E-state index in [-0.39, 0.29) is 5.91 Å². The third kappa shape index (κ3) is 5.04.